The molecular formula is C11H19N3O5S. The zero-order valence-electron chi connectivity index (χ0n) is 11.8. The van der Waals surface area contributed by atoms with Gasteiger partial charge in [0.25, 0.3) is 5.56 Å². The molecule has 20 heavy (non-hydrogen) atoms. The highest BCUT2D eigenvalue weighted by atomic mass is 32.2. The minimum Gasteiger partial charge on any atom is -0.395 e. The molecule has 8 nitrogen and oxygen atoms in total. The fourth-order valence-corrected chi connectivity index (χ4v) is 3.14. The van der Waals surface area contributed by atoms with E-state index < -0.39 is 32.2 Å². The van der Waals surface area contributed by atoms with Crippen LogP contribution in [-0.4, -0.2) is 35.3 Å². The van der Waals surface area contributed by atoms with Crippen molar-refractivity contribution in [2.75, 3.05) is 6.61 Å². The standard InChI is InChI=1S/C11H19N3O5S/c1-7(2)8(6-15)12-20(18,19)9-5-13(3)11(17)14(4)10(9)16/h5,7-8,12,15H,6H2,1-4H3/t8-/m1/s1. The number of sulfonamides is 1. The predicted molar refractivity (Wildman–Crippen MR) is 73.0 cm³/mol. The van der Waals surface area contributed by atoms with E-state index in [2.05, 4.69) is 4.72 Å². The number of aliphatic hydroxyl groups excluding tert-OH is 1. The fraction of sp³-hybridized carbons (Fsp3) is 0.636. The molecule has 0 aliphatic carbocycles. The summed E-state index contributed by atoms with van der Waals surface area (Å²) in [4.78, 5) is 22.9. The van der Waals surface area contributed by atoms with Crippen LogP contribution < -0.4 is 16.0 Å². The van der Waals surface area contributed by atoms with Gasteiger partial charge in [-0.25, -0.2) is 17.9 Å². The lowest BCUT2D eigenvalue weighted by molar-refractivity contribution is 0.227. The fourth-order valence-electron chi connectivity index (χ4n) is 1.61. The van der Waals surface area contributed by atoms with Gasteiger partial charge in [-0.2, -0.15) is 0 Å². The van der Waals surface area contributed by atoms with E-state index in [1.54, 1.807) is 13.8 Å². The third-order valence-electron chi connectivity index (χ3n) is 3.01. The van der Waals surface area contributed by atoms with Crippen LogP contribution >= 0.6 is 0 Å². The van der Waals surface area contributed by atoms with Crippen molar-refractivity contribution in [3.8, 4) is 0 Å². The quantitative estimate of drug-likeness (QED) is 0.679. The second kappa shape index (κ2) is 5.90. The Kier molecular flexibility index (Phi) is 4.90. The molecule has 0 fully saturated rings. The van der Waals surface area contributed by atoms with Crippen molar-refractivity contribution in [1.82, 2.24) is 13.9 Å². The molecule has 0 amide bonds. The third-order valence-corrected chi connectivity index (χ3v) is 4.48. The van der Waals surface area contributed by atoms with Crippen LogP contribution in [0.15, 0.2) is 20.7 Å². The summed E-state index contributed by atoms with van der Waals surface area (Å²) in [6, 6.07) is -0.707. The molecule has 9 heteroatoms. The highest BCUT2D eigenvalue weighted by Crippen LogP contribution is 2.07. The smallest absolute Gasteiger partial charge is 0.330 e. The van der Waals surface area contributed by atoms with Gasteiger partial charge in [0.1, 0.15) is 0 Å². The first-order chi connectivity index (χ1) is 9.11. The molecule has 114 valence electrons. The van der Waals surface area contributed by atoms with Crippen LogP contribution in [0.2, 0.25) is 0 Å². The first-order valence-electron chi connectivity index (χ1n) is 6.01. The normalized spacial score (nSPS) is 13.7. The Hall–Kier alpha value is -1.45. The van der Waals surface area contributed by atoms with E-state index in [4.69, 9.17) is 5.11 Å². The van der Waals surface area contributed by atoms with Gasteiger partial charge in [-0.05, 0) is 5.92 Å². The number of aryl methyl sites for hydroxylation is 1. The van der Waals surface area contributed by atoms with Gasteiger partial charge < -0.3 is 9.67 Å². The Morgan fingerprint density at radius 1 is 1.30 bits per heavy atom. The second-order valence-electron chi connectivity index (χ2n) is 4.91. The maximum Gasteiger partial charge on any atom is 0.330 e. The Morgan fingerprint density at radius 3 is 2.30 bits per heavy atom. The molecule has 0 spiro atoms. The van der Waals surface area contributed by atoms with Crippen LogP contribution in [0, 0.1) is 5.92 Å². The summed E-state index contributed by atoms with van der Waals surface area (Å²) in [5.41, 5.74) is -1.52. The molecule has 0 radical (unpaired) electrons. The molecule has 1 heterocycles. The van der Waals surface area contributed by atoms with Gasteiger partial charge in [0.15, 0.2) is 4.90 Å². The van der Waals surface area contributed by atoms with E-state index >= 15 is 0 Å². The maximum absolute atomic E-state index is 12.2. The average Bonchev–Trinajstić information content (AvgIpc) is 2.37. The van der Waals surface area contributed by atoms with Crippen molar-refractivity contribution in [2.45, 2.75) is 24.8 Å². The Labute approximate surface area is 116 Å². The number of aliphatic hydroxyl groups is 1. The van der Waals surface area contributed by atoms with Gasteiger partial charge in [0.05, 0.1) is 6.61 Å². The topological polar surface area (TPSA) is 110 Å². The SMILES string of the molecule is CC(C)[C@@H](CO)NS(=O)(=O)c1cn(C)c(=O)n(C)c1=O. The van der Waals surface area contributed by atoms with Crippen LogP contribution in [0.4, 0.5) is 0 Å². The first kappa shape index (κ1) is 16.6. The van der Waals surface area contributed by atoms with Crippen LogP contribution in [0.25, 0.3) is 0 Å². The van der Waals surface area contributed by atoms with Gasteiger partial charge in [0.2, 0.25) is 10.0 Å². The van der Waals surface area contributed by atoms with E-state index in [1.165, 1.54) is 14.1 Å². The van der Waals surface area contributed by atoms with E-state index in [1.807, 2.05) is 0 Å². The average molecular weight is 305 g/mol. The molecule has 1 aromatic rings. The molecule has 0 aliphatic heterocycles. The molecule has 1 atom stereocenters. The molecule has 1 aromatic heterocycles. The van der Waals surface area contributed by atoms with Gasteiger partial charge in [-0.15, -0.1) is 0 Å². The minimum absolute atomic E-state index is 0.147. The van der Waals surface area contributed by atoms with E-state index in [9.17, 15) is 18.0 Å². The molecule has 0 unspecified atom stereocenters. The lowest BCUT2D eigenvalue weighted by Gasteiger charge is -2.19. The summed E-state index contributed by atoms with van der Waals surface area (Å²) in [6.45, 7) is 3.09. The van der Waals surface area contributed by atoms with Crippen molar-refractivity contribution >= 4 is 10.0 Å². The Morgan fingerprint density at radius 2 is 1.85 bits per heavy atom. The number of nitrogens with one attached hydrogen (secondary N) is 1. The van der Waals surface area contributed by atoms with Crippen molar-refractivity contribution < 1.29 is 13.5 Å². The summed E-state index contributed by atoms with van der Waals surface area (Å²) in [6.07, 6.45) is 0.974. The number of hydrogen-bond donors (Lipinski definition) is 2. The maximum atomic E-state index is 12.2. The zero-order valence-corrected chi connectivity index (χ0v) is 12.6. The summed E-state index contributed by atoms with van der Waals surface area (Å²) in [7, 11) is -1.55. The van der Waals surface area contributed by atoms with Crippen LogP contribution in [-0.2, 0) is 24.1 Å². The van der Waals surface area contributed by atoms with Crippen molar-refractivity contribution in [3.63, 3.8) is 0 Å². The third kappa shape index (κ3) is 3.17. The van der Waals surface area contributed by atoms with Crippen LogP contribution in [0.3, 0.4) is 0 Å². The van der Waals surface area contributed by atoms with E-state index in [0.29, 0.717) is 0 Å². The highest BCUT2D eigenvalue weighted by Gasteiger charge is 2.26. The van der Waals surface area contributed by atoms with Crippen LogP contribution in [0.1, 0.15) is 13.8 Å². The molecule has 0 aliphatic rings. The van der Waals surface area contributed by atoms with Gasteiger partial charge in [-0.1, -0.05) is 13.8 Å². The molecule has 0 bridgehead atoms. The summed E-state index contributed by atoms with van der Waals surface area (Å²) in [5, 5.41) is 9.16. The molecule has 0 saturated carbocycles. The lowest BCUT2D eigenvalue weighted by atomic mass is 10.1. The molecule has 2 N–H and O–H groups in total. The van der Waals surface area contributed by atoms with Crippen molar-refractivity contribution in [3.05, 3.63) is 27.0 Å². The summed E-state index contributed by atoms with van der Waals surface area (Å²) in [5.74, 6) is -0.147. The Balaban J connectivity index is 3.38. The van der Waals surface area contributed by atoms with Crippen molar-refractivity contribution in [2.24, 2.45) is 20.0 Å². The monoisotopic (exact) mass is 305 g/mol. The van der Waals surface area contributed by atoms with Crippen molar-refractivity contribution in [1.29, 1.82) is 0 Å². The Bertz CT molecular complexity index is 702. The highest BCUT2D eigenvalue weighted by molar-refractivity contribution is 7.89. The second-order valence-corrected chi connectivity index (χ2v) is 6.59. The number of hydrogen-bond acceptors (Lipinski definition) is 5. The predicted octanol–water partition coefficient (Wildman–Crippen LogP) is -1.62. The molecule has 0 aromatic carbocycles. The largest absolute Gasteiger partial charge is 0.395 e. The molecular weight excluding hydrogens is 286 g/mol. The van der Waals surface area contributed by atoms with E-state index in [-0.39, 0.29) is 12.5 Å². The van der Waals surface area contributed by atoms with Gasteiger partial charge in [-0.3, -0.25) is 9.36 Å². The minimum atomic E-state index is -4.11. The van der Waals surface area contributed by atoms with Gasteiger partial charge in [0, 0.05) is 26.3 Å². The van der Waals surface area contributed by atoms with Crippen LogP contribution in [0.5, 0.6) is 0 Å². The molecule has 1 rings (SSSR count). The summed E-state index contributed by atoms with van der Waals surface area (Å²) >= 11 is 0. The number of nitrogens with zero attached hydrogens (tertiary/aromatic N) is 2. The lowest BCUT2D eigenvalue weighted by Crippen LogP contribution is -2.45. The van der Waals surface area contributed by atoms with Gasteiger partial charge >= 0.3 is 5.69 Å². The summed E-state index contributed by atoms with van der Waals surface area (Å²) < 4.78 is 28.4. The number of rotatable bonds is 5. The van der Waals surface area contributed by atoms with E-state index in [0.717, 1.165) is 15.3 Å². The zero-order chi connectivity index (χ0) is 15.7. The molecule has 0 saturated heterocycles. The number of aromatic nitrogens is 2. The first-order valence-corrected chi connectivity index (χ1v) is 7.50.